The van der Waals surface area contributed by atoms with Crippen molar-refractivity contribution in [1.82, 2.24) is 5.32 Å². The molecule has 0 bridgehead atoms. The van der Waals surface area contributed by atoms with Crippen molar-refractivity contribution in [3.8, 4) is 0 Å². The molecule has 120 valence electrons. The van der Waals surface area contributed by atoms with Gasteiger partial charge in [-0.25, -0.2) is 0 Å². The van der Waals surface area contributed by atoms with Gasteiger partial charge in [-0.15, -0.1) is 0 Å². The number of nitrogens with one attached hydrogen (secondary N) is 1. The summed E-state index contributed by atoms with van der Waals surface area (Å²) in [5, 5.41) is 2.92. The minimum atomic E-state index is -0.202. The first-order chi connectivity index (χ1) is 11.0. The maximum Gasteiger partial charge on any atom is 0.240 e. The van der Waals surface area contributed by atoms with Crippen LogP contribution in [0, 0.1) is 0 Å². The van der Waals surface area contributed by atoms with Crippen LogP contribution in [0.2, 0.25) is 0 Å². The van der Waals surface area contributed by atoms with Gasteiger partial charge in [-0.1, -0.05) is 42.5 Å². The van der Waals surface area contributed by atoms with E-state index in [1.54, 1.807) is 6.07 Å². The number of carbonyl (C=O) groups excluding carboxylic acids is 2. The summed E-state index contributed by atoms with van der Waals surface area (Å²) in [4.78, 5) is 25.7. The molecule has 23 heavy (non-hydrogen) atoms. The molecule has 0 fully saturated rings. The zero-order valence-corrected chi connectivity index (χ0v) is 14.7. The number of benzene rings is 2. The lowest BCUT2D eigenvalue weighted by Gasteiger charge is -2.23. The molecule has 2 aromatic rings. The van der Waals surface area contributed by atoms with Crippen LogP contribution >= 0.6 is 15.9 Å². The highest BCUT2D eigenvalue weighted by molar-refractivity contribution is 9.10. The zero-order chi connectivity index (χ0) is 16.8. The molecule has 0 saturated carbocycles. The van der Waals surface area contributed by atoms with Gasteiger partial charge in [0.25, 0.3) is 0 Å². The Kier molecular flexibility index (Phi) is 5.93. The lowest BCUT2D eigenvalue weighted by atomic mass is 10.1. The number of amides is 2. The molecule has 2 amide bonds. The van der Waals surface area contributed by atoms with Crippen molar-refractivity contribution in [2.45, 2.75) is 19.9 Å². The number of anilines is 1. The standard InChI is InChI=1S/C18H19BrN2O2/c1-13(15-8-4-3-5-9-15)20-18(23)12-21(14(2)22)17-11-7-6-10-16(17)19/h3-11,13H,12H2,1-2H3,(H,20,23). The van der Waals surface area contributed by atoms with E-state index in [2.05, 4.69) is 21.2 Å². The van der Waals surface area contributed by atoms with Crippen LogP contribution in [-0.4, -0.2) is 18.4 Å². The largest absolute Gasteiger partial charge is 0.348 e. The van der Waals surface area contributed by atoms with Gasteiger partial charge in [0.1, 0.15) is 6.54 Å². The summed E-state index contributed by atoms with van der Waals surface area (Å²) >= 11 is 3.42. The zero-order valence-electron chi connectivity index (χ0n) is 13.1. The van der Waals surface area contributed by atoms with E-state index in [9.17, 15) is 9.59 Å². The average Bonchev–Trinajstić information content (AvgIpc) is 2.54. The molecule has 1 N–H and O–H groups in total. The Morgan fingerprint density at radius 1 is 1.09 bits per heavy atom. The smallest absolute Gasteiger partial charge is 0.240 e. The molecule has 0 aliphatic rings. The second kappa shape index (κ2) is 7.92. The first-order valence-corrected chi connectivity index (χ1v) is 8.15. The van der Waals surface area contributed by atoms with Gasteiger partial charge in [0.2, 0.25) is 11.8 Å². The third-order valence-corrected chi connectivity index (χ3v) is 4.17. The van der Waals surface area contributed by atoms with Crippen LogP contribution in [0.3, 0.4) is 0 Å². The van der Waals surface area contributed by atoms with Crippen molar-refractivity contribution in [3.63, 3.8) is 0 Å². The number of carbonyl (C=O) groups is 2. The number of para-hydroxylation sites is 1. The third kappa shape index (κ3) is 4.66. The van der Waals surface area contributed by atoms with Crippen LogP contribution < -0.4 is 10.2 Å². The molecule has 0 spiro atoms. The number of hydrogen-bond donors (Lipinski definition) is 1. The van der Waals surface area contributed by atoms with Crippen molar-refractivity contribution < 1.29 is 9.59 Å². The van der Waals surface area contributed by atoms with Gasteiger partial charge in [-0.2, -0.15) is 0 Å². The predicted molar refractivity (Wildman–Crippen MR) is 95.2 cm³/mol. The molecule has 5 heteroatoms. The van der Waals surface area contributed by atoms with Gasteiger partial charge in [0.05, 0.1) is 11.7 Å². The first-order valence-electron chi connectivity index (χ1n) is 7.36. The summed E-state index contributed by atoms with van der Waals surface area (Å²) in [6.45, 7) is 3.35. The maximum absolute atomic E-state index is 12.3. The van der Waals surface area contributed by atoms with Crippen LogP contribution in [0.1, 0.15) is 25.5 Å². The molecular weight excluding hydrogens is 356 g/mol. The van der Waals surface area contributed by atoms with Gasteiger partial charge in [-0.3, -0.25) is 9.59 Å². The fourth-order valence-electron chi connectivity index (χ4n) is 2.29. The number of halogens is 1. The molecule has 1 unspecified atom stereocenters. The number of rotatable bonds is 5. The van der Waals surface area contributed by atoms with E-state index < -0.39 is 0 Å². The first kappa shape index (κ1) is 17.2. The van der Waals surface area contributed by atoms with E-state index in [1.807, 2.05) is 55.5 Å². The Morgan fingerprint density at radius 2 is 1.70 bits per heavy atom. The maximum atomic E-state index is 12.3. The van der Waals surface area contributed by atoms with E-state index in [0.717, 1.165) is 10.0 Å². The van der Waals surface area contributed by atoms with Crippen molar-refractivity contribution in [3.05, 3.63) is 64.6 Å². The van der Waals surface area contributed by atoms with Gasteiger partial charge < -0.3 is 10.2 Å². The van der Waals surface area contributed by atoms with Crippen molar-refractivity contribution in [1.29, 1.82) is 0 Å². The SMILES string of the molecule is CC(=O)N(CC(=O)NC(C)c1ccccc1)c1ccccc1Br. The summed E-state index contributed by atoms with van der Waals surface area (Å²) in [6.07, 6.45) is 0. The molecule has 0 radical (unpaired) electrons. The lowest BCUT2D eigenvalue weighted by molar-refractivity contribution is -0.123. The van der Waals surface area contributed by atoms with E-state index in [1.165, 1.54) is 11.8 Å². The lowest BCUT2D eigenvalue weighted by Crippen LogP contribution is -2.40. The van der Waals surface area contributed by atoms with Gasteiger partial charge in [-0.05, 0) is 40.5 Å². The summed E-state index contributed by atoms with van der Waals surface area (Å²) in [6, 6.07) is 16.9. The Bertz CT molecular complexity index is 688. The molecule has 0 aliphatic heterocycles. The predicted octanol–water partition coefficient (Wildman–Crippen LogP) is 3.68. The Morgan fingerprint density at radius 3 is 2.30 bits per heavy atom. The van der Waals surface area contributed by atoms with Crippen molar-refractivity contribution in [2.24, 2.45) is 0 Å². The van der Waals surface area contributed by atoms with E-state index in [4.69, 9.17) is 0 Å². The summed E-state index contributed by atoms with van der Waals surface area (Å²) in [7, 11) is 0. The van der Waals surface area contributed by atoms with E-state index >= 15 is 0 Å². The Hall–Kier alpha value is -2.14. The Balaban J connectivity index is 2.07. The fraction of sp³-hybridized carbons (Fsp3) is 0.222. The second-order valence-corrected chi connectivity index (χ2v) is 6.11. The highest BCUT2D eigenvalue weighted by atomic mass is 79.9. The number of nitrogens with zero attached hydrogens (tertiary/aromatic N) is 1. The van der Waals surface area contributed by atoms with Crippen LogP contribution in [0.4, 0.5) is 5.69 Å². The topological polar surface area (TPSA) is 49.4 Å². The minimum Gasteiger partial charge on any atom is -0.348 e. The number of hydrogen-bond acceptors (Lipinski definition) is 2. The summed E-state index contributed by atoms with van der Waals surface area (Å²) in [5.41, 5.74) is 1.71. The third-order valence-electron chi connectivity index (χ3n) is 3.50. The molecule has 0 saturated heterocycles. The minimum absolute atomic E-state index is 0.0187. The molecule has 0 aliphatic carbocycles. The summed E-state index contributed by atoms with van der Waals surface area (Å²) in [5.74, 6) is -0.383. The van der Waals surface area contributed by atoms with Crippen LogP contribution in [0.25, 0.3) is 0 Å². The average molecular weight is 375 g/mol. The highest BCUT2D eigenvalue weighted by Gasteiger charge is 2.19. The van der Waals surface area contributed by atoms with E-state index in [-0.39, 0.29) is 24.4 Å². The molecular formula is C18H19BrN2O2. The van der Waals surface area contributed by atoms with E-state index in [0.29, 0.717) is 5.69 Å². The monoisotopic (exact) mass is 374 g/mol. The summed E-state index contributed by atoms with van der Waals surface area (Å²) < 4.78 is 0.777. The normalized spacial score (nSPS) is 11.6. The van der Waals surface area contributed by atoms with Crippen molar-refractivity contribution in [2.75, 3.05) is 11.4 Å². The van der Waals surface area contributed by atoms with Crippen LogP contribution in [0.15, 0.2) is 59.1 Å². The molecule has 2 rings (SSSR count). The van der Waals surface area contributed by atoms with Crippen LogP contribution in [0.5, 0.6) is 0 Å². The second-order valence-electron chi connectivity index (χ2n) is 5.26. The van der Waals surface area contributed by atoms with Crippen molar-refractivity contribution >= 4 is 33.4 Å². The van der Waals surface area contributed by atoms with Gasteiger partial charge >= 0.3 is 0 Å². The van der Waals surface area contributed by atoms with Gasteiger partial charge in [0.15, 0.2) is 0 Å². The quantitative estimate of drug-likeness (QED) is 0.867. The highest BCUT2D eigenvalue weighted by Crippen LogP contribution is 2.25. The molecule has 1 atom stereocenters. The molecule has 4 nitrogen and oxygen atoms in total. The fourth-order valence-corrected chi connectivity index (χ4v) is 2.79. The van der Waals surface area contributed by atoms with Gasteiger partial charge in [0, 0.05) is 11.4 Å². The Labute approximate surface area is 144 Å². The van der Waals surface area contributed by atoms with Crippen LogP contribution in [-0.2, 0) is 9.59 Å². The molecule has 2 aromatic carbocycles. The molecule has 0 aromatic heterocycles. The molecule has 0 heterocycles.